The molecule has 5 nitrogen and oxygen atoms in total. The van der Waals surface area contributed by atoms with Crippen LogP contribution in [0.25, 0.3) is 0 Å². The molecule has 2 aliphatic heterocycles. The number of piperazine rings is 1. The maximum absolute atomic E-state index is 14.1. The zero-order valence-electron chi connectivity index (χ0n) is 23.0. The fraction of sp³-hybridized carbons (Fsp3) is 0.419. The first-order valence-corrected chi connectivity index (χ1v) is 13.7. The molecular formula is C31H35ClF3N3O2. The summed E-state index contributed by atoms with van der Waals surface area (Å²) in [5.41, 5.74) is 0.690. The summed E-state index contributed by atoms with van der Waals surface area (Å²) >= 11 is 6.04. The zero-order valence-corrected chi connectivity index (χ0v) is 23.8. The fourth-order valence-electron chi connectivity index (χ4n) is 6.26. The molecule has 0 N–H and O–H groups in total. The van der Waals surface area contributed by atoms with Crippen LogP contribution in [0.3, 0.4) is 0 Å². The van der Waals surface area contributed by atoms with Crippen LogP contribution in [0.2, 0.25) is 5.02 Å². The first-order valence-electron chi connectivity index (χ1n) is 13.3. The number of alkyl halides is 3. The van der Waals surface area contributed by atoms with E-state index in [4.69, 9.17) is 11.6 Å². The summed E-state index contributed by atoms with van der Waals surface area (Å²) in [4.78, 5) is 33.0. The number of carbonyl (C=O) groups is 2. The Balaban J connectivity index is 1.72. The molecule has 3 atom stereocenters. The second-order valence-electron chi connectivity index (χ2n) is 10.9. The van der Waals surface area contributed by atoms with Crippen molar-refractivity contribution in [3.63, 3.8) is 0 Å². The van der Waals surface area contributed by atoms with Gasteiger partial charge in [-0.15, -0.1) is 13.2 Å². The Morgan fingerprint density at radius 1 is 1.18 bits per heavy atom. The second kappa shape index (κ2) is 11.3. The molecule has 0 aromatic heterocycles. The Kier molecular flexibility index (Phi) is 8.41. The number of allylic oxidation sites excluding steroid dienone is 2. The van der Waals surface area contributed by atoms with E-state index in [0.717, 1.165) is 23.3 Å². The summed E-state index contributed by atoms with van der Waals surface area (Å²) in [5, 5.41) is -0.0471. The molecule has 0 saturated carbocycles. The van der Waals surface area contributed by atoms with E-state index in [0.29, 0.717) is 32.4 Å². The van der Waals surface area contributed by atoms with Gasteiger partial charge < -0.3 is 14.7 Å². The highest BCUT2D eigenvalue weighted by Gasteiger charge is 2.56. The quantitative estimate of drug-likeness (QED) is 0.321. The van der Waals surface area contributed by atoms with Gasteiger partial charge in [-0.25, -0.2) is 4.79 Å². The van der Waals surface area contributed by atoms with Crippen LogP contribution in [0.5, 0.6) is 0 Å². The number of amides is 3. The number of aryl methyl sites for hydroxylation is 1. The Morgan fingerprint density at radius 3 is 2.42 bits per heavy atom. The number of hydrogen-bond acceptors (Lipinski definition) is 2. The monoisotopic (exact) mass is 573 g/mol. The van der Waals surface area contributed by atoms with Gasteiger partial charge in [0, 0.05) is 25.2 Å². The van der Waals surface area contributed by atoms with Gasteiger partial charge in [0.15, 0.2) is 0 Å². The normalized spacial score (nSPS) is 21.1. The maximum atomic E-state index is 14.1. The van der Waals surface area contributed by atoms with Crippen LogP contribution < -0.4 is 0 Å². The summed E-state index contributed by atoms with van der Waals surface area (Å²) < 4.78 is 40.4. The van der Waals surface area contributed by atoms with Crippen LogP contribution in [-0.2, 0) is 11.0 Å². The lowest BCUT2D eigenvalue weighted by atomic mass is 9.76. The molecule has 0 spiro atoms. The summed E-state index contributed by atoms with van der Waals surface area (Å²) in [6, 6.07) is 9.46. The smallest absolute Gasteiger partial charge is 0.335 e. The van der Waals surface area contributed by atoms with Gasteiger partial charge in [-0.1, -0.05) is 48.0 Å². The number of benzene rings is 2. The van der Waals surface area contributed by atoms with Gasteiger partial charge in [-0.3, -0.25) is 4.79 Å². The predicted molar refractivity (Wildman–Crippen MR) is 151 cm³/mol. The molecule has 40 heavy (non-hydrogen) atoms. The minimum atomic E-state index is -4.56. The molecule has 4 rings (SSSR count). The third-order valence-electron chi connectivity index (χ3n) is 8.43. The summed E-state index contributed by atoms with van der Waals surface area (Å²) in [6.07, 6.45) is 0.517. The van der Waals surface area contributed by atoms with Crippen LogP contribution in [0.1, 0.15) is 60.5 Å². The molecular weight excluding hydrogens is 539 g/mol. The third kappa shape index (κ3) is 5.38. The highest BCUT2D eigenvalue weighted by atomic mass is 35.5. The van der Waals surface area contributed by atoms with Crippen molar-refractivity contribution < 1.29 is 22.8 Å². The highest BCUT2D eigenvalue weighted by molar-refractivity contribution is 6.30. The van der Waals surface area contributed by atoms with E-state index in [1.54, 1.807) is 31.0 Å². The average Bonchev–Trinajstić information content (AvgIpc) is 3.18. The molecule has 0 radical (unpaired) electrons. The van der Waals surface area contributed by atoms with Crippen LogP contribution in [0.4, 0.5) is 18.0 Å². The summed E-state index contributed by atoms with van der Waals surface area (Å²) in [6.45, 7) is 12.1. The van der Waals surface area contributed by atoms with Gasteiger partial charge in [0.1, 0.15) is 0 Å². The molecule has 214 valence electrons. The van der Waals surface area contributed by atoms with Gasteiger partial charge in [-0.2, -0.15) is 13.2 Å². The number of carbonyl (C=O) groups excluding carboxylic acids is 2. The largest absolute Gasteiger partial charge is 0.416 e. The lowest BCUT2D eigenvalue weighted by Gasteiger charge is -2.47. The molecule has 2 aromatic carbocycles. The van der Waals surface area contributed by atoms with E-state index in [1.165, 1.54) is 11.0 Å². The number of hydrogen-bond donors (Lipinski definition) is 0. The van der Waals surface area contributed by atoms with E-state index in [1.807, 2.05) is 36.1 Å². The topological polar surface area (TPSA) is 43.9 Å². The Morgan fingerprint density at radius 2 is 1.82 bits per heavy atom. The zero-order chi connectivity index (χ0) is 29.4. The van der Waals surface area contributed by atoms with Gasteiger partial charge in [-0.05, 0) is 68.0 Å². The van der Waals surface area contributed by atoms with Gasteiger partial charge in [0.25, 0.3) is 0 Å². The summed E-state index contributed by atoms with van der Waals surface area (Å²) in [5.74, 6) is 0.0447. The molecule has 3 amide bonds. The molecule has 2 aliphatic rings. The standard InChI is InChI=1S/C31H35ClF3N3O2/c1-6-12-30(13-7-2)19-26-27(25-11-9-8-10-20(25)3)38(15-14-37(26)28(30)39)29(40)36(5)21(4)22-16-23(31(33,34)35)18-24(32)17-22/h6-11,16-18,21,26-27H,1-2,12-15,19H2,3-5H3/t21-,26-,27-/m0/s1. The Labute approximate surface area is 238 Å². The van der Waals surface area contributed by atoms with E-state index < -0.39 is 29.2 Å². The molecule has 0 bridgehead atoms. The van der Waals surface area contributed by atoms with Crippen molar-refractivity contribution in [1.82, 2.24) is 14.7 Å². The van der Waals surface area contributed by atoms with Crippen molar-refractivity contribution in [2.45, 2.75) is 57.4 Å². The number of nitrogens with zero attached hydrogens (tertiary/aromatic N) is 3. The second-order valence-corrected chi connectivity index (χ2v) is 11.3. The van der Waals surface area contributed by atoms with Crippen molar-refractivity contribution >= 4 is 23.5 Å². The van der Waals surface area contributed by atoms with E-state index in [2.05, 4.69) is 13.2 Å². The lowest BCUT2D eigenvalue weighted by Crippen LogP contribution is -2.57. The first-order chi connectivity index (χ1) is 18.8. The van der Waals surface area contributed by atoms with Gasteiger partial charge >= 0.3 is 12.2 Å². The Hall–Kier alpha value is -3.26. The molecule has 2 saturated heterocycles. The SMILES string of the molecule is C=CCC1(CC=C)C[C@H]2[C@H](c3ccccc3C)N(C(=O)N(C)[C@@H](C)c3cc(Cl)cc(C(F)(F)F)c3)CCN2C1=O. The van der Waals surface area contributed by atoms with E-state index in [9.17, 15) is 22.8 Å². The molecule has 9 heteroatoms. The minimum absolute atomic E-state index is 0.0447. The van der Waals surface area contributed by atoms with Crippen molar-refractivity contribution in [3.05, 3.63) is 95.1 Å². The van der Waals surface area contributed by atoms with Crippen molar-refractivity contribution in [1.29, 1.82) is 0 Å². The van der Waals surface area contributed by atoms with Crippen LogP contribution >= 0.6 is 11.6 Å². The van der Waals surface area contributed by atoms with Crippen molar-refractivity contribution in [2.24, 2.45) is 5.41 Å². The number of fused-ring (bicyclic) bond motifs is 1. The maximum Gasteiger partial charge on any atom is 0.416 e. The summed E-state index contributed by atoms with van der Waals surface area (Å²) in [7, 11) is 1.59. The van der Waals surface area contributed by atoms with Crippen LogP contribution in [0.15, 0.2) is 67.8 Å². The molecule has 0 unspecified atom stereocenters. The predicted octanol–water partition coefficient (Wildman–Crippen LogP) is 7.58. The van der Waals surface area contributed by atoms with Crippen molar-refractivity contribution in [2.75, 3.05) is 20.1 Å². The number of rotatable bonds is 7. The number of halogens is 4. The van der Waals surface area contributed by atoms with E-state index >= 15 is 0 Å². The fourth-order valence-corrected chi connectivity index (χ4v) is 6.50. The first kappa shape index (κ1) is 29.7. The van der Waals surface area contributed by atoms with Crippen LogP contribution in [-0.4, -0.2) is 52.8 Å². The van der Waals surface area contributed by atoms with Gasteiger partial charge in [0.05, 0.1) is 29.1 Å². The van der Waals surface area contributed by atoms with Crippen molar-refractivity contribution in [3.8, 4) is 0 Å². The molecule has 0 aliphatic carbocycles. The lowest BCUT2D eigenvalue weighted by molar-refractivity contribution is -0.139. The molecule has 2 aromatic rings. The number of urea groups is 1. The van der Waals surface area contributed by atoms with Crippen LogP contribution in [0, 0.1) is 12.3 Å². The van der Waals surface area contributed by atoms with E-state index in [-0.39, 0.29) is 28.6 Å². The molecule has 2 heterocycles. The minimum Gasteiger partial charge on any atom is -0.335 e. The third-order valence-corrected chi connectivity index (χ3v) is 8.65. The molecule has 2 fully saturated rings. The Bertz CT molecular complexity index is 1300. The van der Waals surface area contributed by atoms with Gasteiger partial charge in [0.2, 0.25) is 5.91 Å². The average molecular weight is 574 g/mol. The highest BCUT2D eigenvalue weighted by Crippen LogP contribution is 2.50.